The monoisotopic (exact) mass is 296 g/mol. The van der Waals surface area contributed by atoms with Gasteiger partial charge in [-0.2, -0.15) is 0 Å². The maximum atomic E-state index is 13.1. The Morgan fingerprint density at radius 1 is 1.18 bits per heavy atom. The smallest absolute Gasteiger partial charge is 0.135 e. The van der Waals surface area contributed by atoms with Crippen molar-refractivity contribution in [3.8, 4) is 0 Å². The molecule has 2 N–H and O–H groups in total. The van der Waals surface area contributed by atoms with Crippen molar-refractivity contribution in [2.24, 2.45) is 0 Å². The van der Waals surface area contributed by atoms with Crippen molar-refractivity contribution in [2.45, 2.75) is 0 Å². The number of hydrogen-bond acceptors (Lipinski definition) is 4. The van der Waals surface area contributed by atoms with Crippen LogP contribution < -0.4 is 10.6 Å². The van der Waals surface area contributed by atoms with E-state index in [-0.39, 0.29) is 5.82 Å². The molecule has 2 rings (SSSR count). The molecule has 2 aromatic rings. The van der Waals surface area contributed by atoms with Crippen LogP contribution in [0, 0.1) is 5.82 Å². The van der Waals surface area contributed by atoms with E-state index >= 15 is 0 Å². The topological polar surface area (TPSA) is 49.8 Å². The minimum absolute atomic E-state index is 0.307. The van der Waals surface area contributed by atoms with Crippen LogP contribution in [0.1, 0.15) is 0 Å². The van der Waals surface area contributed by atoms with E-state index in [4.69, 9.17) is 0 Å². The first-order valence-corrected chi connectivity index (χ1v) is 5.70. The zero-order chi connectivity index (χ0) is 12.3. The van der Waals surface area contributed by atoms with Crippen molar-refractivity contribution >= 4 is 33.3 Å². The highest BCUT2D eigenvalue weighted by molar-refractivity contribution is 9.10. The normalized spacial score (nSPS) is 10.1. The lowest BCUT2D eigenvalue weighted by atomic mass is 10.3. The number of nitrogens with zero attached hydrogens (tertiary/aromatic N) is 2. The molecule has 1 heterocycles. The third-order valence-electron chi connectivity index (χ3n) is 2.11. The maximum absolute atomic E-state index is 13.1. The molecule has 1 aromatic carbocycles. The van der Waals surface area contributed by atoms with E-state index in [9.17, 15) is 4.39 Å². The van der Waals surface area contributed by atoms with E-state index in [0.29, 0.717) is 17.3 Å². The minimum atomic E-state index is -0.307. The largest absolute Gasteiger partial charge is 0.373 e. The number of hydrogen-bond donors (Lipinski definition) is 2. The van der Waals surface area contributed by atoms with Gasteiger partial charge in [0.05, 0.1) is 5.69 Å². The Labute approximate surface area is 106 Å². The third-order valence-corrected chi connectivity index (χ3v) is 2.81. The molecule has 6 heteroatoms. The van der Waals surface area contributed by atoms with Gasteiger partial charge in [-0.3, -0.25) is 0 Å². The van der Waals surface area contributed by atoms with Crippen LogP contribution in [0.2, 0.25) is 0 Å². The van der Waals surface area contributed by atoms with Crippen molar-refractivity contribution in [2.75, 3.05) is 17.7 Å². The third kappa shape index (κ3) is 2.91. The van der Waals surface area contributed by atoms with E-state index in [2.05, 4.69) is 36.5 Å². The van der Waals surface area contributed by atoms with Crippen LogP contribution in [0.15, 0.2) is 35.1 Å². The number of anilines is 3. The molecule has 0 aliphatic heterocycles. The molecule has 0 aliphatic rings. The molecule has 1 aromatic heterocycles. The van der Waals surface area contributed by atoms with Gasteiger partial charge in [0.25, 0.3) is 0 Å². The second kappa shape index (κ2) is 5.09. The quantitative estimate of drug-likeness (QED) is 0.913. The Morgan fingerprint density at radius 3 is 2.71 bits per heavy atom. The Bertz CT molecular complexity index is 533. The predicted molar refractivity (Wildman–Crippen MR) is 69.0 cm³/mol. The highest BCUT2D eigenvalue weighted by Crippen LogP contribution is 2.26. The fourth-order valence-corrected chi connectivity index (χ4v) is 1.64. The lowest BCUT2D eigenvalue weighted by Gasteiger charge is -2.08. The van der Waals surface area contributed by atoms with Crippen molar-refractivity contribution in [1.82, 2.24) is 9.97 Å². The van der Waals surface area contributed by atoms with Gasteiger partial charge in [0.15, 0.2) is 0 Å². The van der Waals surface area contributed by atoms with Crippen LogP contribution in [0.4, 0.5) is 21.7 Å². The Morgan fingerprint density at radius 2 is 1.94 bits per heavy atom. The second-order valence-corrected chi connectivity index (χ2v) is 4.14. The predicted octanol–water partition coefficient (Wildman–Crippen LogP) is 3.16. The van der Waals surface area contributed by atoms with E-state index in [1.807, 2.05) is 0 Å². The Balaban J connectivity index is 2.27. The molecule has 4 nitrogen and oxygen atoms in total. The van der Waals surface area contributed by atoms with Gasteiger partial charge >= 0.3 is 0 Å². The van der Waals surface area contributed by atoms with Crippen LogP contribution in [0.25, 0.3) is 0 Å². The van der Waals surface area contributed by atoms with Crippen LogP contribution in [0.3, 0.4) is 0 Å². The number of halogens is 2. The Hall–Kier alpha value is -1.69. The zero-order valence-corrected chi connectivity index (χ0v) is 10.6. The first-order valence-electron chi connectivity index (χ1n) is 4.91. The fourth-order valence-electron chi connectivity index (χ4n) is 1.29. The summed E-state index contributed by atoms with van der Waals surface area (Å²) in [5.74, 6) is 0.976. The molecular weight excluding hydrogens is 287 g/mol. The summed E-state index contributed by atoms with van der Waals surface area (Å²) in [4.78, 5) is 8.04. The molecular formula is C11H10BrFN4. The number of rotatable bonds is 3. The minimum Gasteiger partial charge on any atom is -0.373 e. The molecule has 0 spiro atoms. The lowest BCUT2D eigenvalue weighted by molar-refractivity contribution is 0.628. The molecule has 0 saturated heterocycles. The summed E-state index contributed by atoms with van der Waals surface area (Å²) in [5, 5.41) is 5.91. The van der Waals surface area contributed by atoms with Crippen LogP contribution >= 0.6 is 15.9 Å². The Kier molecular flexibility index (Phi) is 3.53. The van der Waals surface area contributed by atoms with Crippen LogP contribution in [0.5, 0.6) is 0 Å². The van der Waals surface area contributed by atoms with Gasteiger partial charge in [-0.15, -0.1) is 0 Å². The molecule has 0 fully saturated rings. The van der Waals surface area contributed by atoms with Gasteiger partial charge in [0.1, 0.15) is 23.8 Å². The van der Waals surface area contributed by atoms with Gasteiger partial charge in [-0.1, -0.05) is 0 Å². The summed E-state index contributed by atoms with van der Waals surface area (Å²) in [5.41, 5.74) is 0.616. The first-order chi connectivity index (χ1) is 8.19. The molecule has 0 radical (unpaired) electrons. The van der Waals surface area contributed by atoms with Gasteiger partial charge in [0.2, 0.25) is 0 Å². The van der Waals surface area contributed by atoms with Gasteiger partial charge in [0, 0.05) is 17.6 Å². The van der Waals surface area contributed by atoms with Crippen molar-refractivity contribution < 1.29 is 4.39 Å². The molecule has 0 amide bonds. The van der Waals surface area contributed by atoms with Gasteiger partial charge in [-0.25, -0.2) is 14.4 Å². The second-order valence-electron chi connectivity index (χ2n) is 3.29. The molecule has 0 bridgehead atoms. The summed E-state index contributed by atoms with van der Waals surface area (Å²) in [6.45, 7) is 0. The van der Waals surface area contributed by atoms with Crippen molar-refractivity contribution in [1.29, 1.82) is 0 Å². The highest BCUT2D eigenvalue weighted by Gasteiger charge is 2.03. The lowest BCUT2D eigenvalue weighted by Crippen LogP contribution is -1.98. The van der Waals surface area contributed by atoms with Crippen LogP contribution in [-0.4, -0.2) is 17.0 Å². The fraction of sp³-hybridized carbons (Fsp3) is 0.0909. The molecule has 0 unspecified atom stereocenters. The van der Waals surface area contributed by atoms with E-state index in [1.54, 1.807) is 19.2 Å². The summed E-state index contributed by atoms with van der Waals surface area (Å²) < 4.78 is 13.9. The SMILES string of the molecule is CNc1cc(Nc2cc(F)ccc2Br)ncn1. The molecule has 0 atom stereocenters. The first kappa shape index (κ1) is 11.8. The molecule has 0 saturated carbocycles. The average molecular weight is 297 g/mol. The average Bonchev–Trinajstić information content (AvgIpc) is 2.34. The summed E-state index contributed by atoms with van der Waals surface area (Å²) in [7, 11) is 1.77. The number of aromatic nitrogens is 2. The summed E-state index contributed by atoms with van der Waals surface area (Å²) >= 11 is 3.34. The number of nitrogens with one attached hydrogen (secondary N) is 2. The summed E-state index contributed by atoms with van der Waals surface area (Å²) in [6, 6.07) is 6.15. The van der Waals surface area contributed by atoms with Gasteiger partial charge < -0.3 is 10.6 Å². The van der Waals surface area contributed by atoms with Crippen LogP contribution in [-0.2, 0) is 0 Å². The van der Waals surface area contributed by atoms with E-state index < -0.39 is 0 Å². The standard InChI is InChI=1S/C11H10BrFN4/c1-14-10-5-11(16-6-15-10)17-9-4-7(13)2-3-8(9)12/h2-6H,1H3,(H2,14,15,16,17). The van der Waals surface area contributed by atoms with E-state index in [1.165, 1.54) is 18.5 Å². The van der Waals surface area contributed by atoms with E-state index in [0.717, 1.165) is 4.47 Å². The van der Waals surface area contributed by atoms with Gasteiger partial charge in [-0.05, 0) is 34.1 Å². The van der Waals surface area contributed by atoms with Crippen molar-refractivity contribution in [3.63, 3.8) is 0 Å². The highest BCUT2D eigenvalue weighted by atomic mass is 79.9. The maximum Gasteiger partial charge on any atom is 0.135 e. The number of benzene rings is 1. The molecule has 17 heavy (non-hydrogen) atoms. The zero-order valence-electron chi connectivity index (χ0n) is 9.04. The molecule has 88 valence electrons. The summed E-state index contributed by atoms with van der Waals surface area (Å²) in [6.07, 6.45) is 1.43. The van der Waals surface area contributed by atoms with Crippen molar-refractivity contribution in [3.05, 3.63) is 40.9 Å². The molecule has 0 aliphatic carbocycles.